The maximum atomic E-state index is 14.1. The smallest absolute Gasteiger partial charge is 0.256 e. The molecule has 10 heteroatoms. The molecule has 4 heterocycles. The van der Waals surface area contributed by atoms with E-state index in [9.17, 15) is 18.0 Å². The monoisotopic (exact) mass is 492 g/mol. The lowest BCUT2D eigenvalue weighted by Crippen LogP contribution is -2.50. The van der Waals surface area contributed by atoms with E-state index in [1.807, 2.05) is 30.0 Å². The standard InChI is InChI=1S/C26H23F3N6O/c1-14-6-7-21(35-30-8-9-31-35)17(10-14)26(36)34-16-4-3-5-22(34)24-18(13-16)25(33(2)32-24)15-11-19(27)23(29)20(28)12-15/h6-12,16,22H,3-5,13H2,1-2H3/t16-,22+/m1/s1. The summed E-state index contributed by atoms with van der Waals surface area (Å²) in [5.74, 6) is -4.11. The zero-order valence-electron chi connectivity index (χ0n) is 19.8. The van der Waals surface area contributed by atoms with E-state index in [-0.39, 0.29) is 23.6 Å². The number of halogens is 3. The van der Waals surface area contributed by atoms with E-state index < -0.39 is 17.5 Å². The highest BCUT2D eigenvalue weighted by Crippen LogP contribution is 2.45. The van der Waals surface area contributed by atoms with Crippen LogP contribution in [0.2, 0.25) is 0 Å². The number of rotatable bonds is 3. The summed E-state index contributed by atoms with van der Waals surface area (Å²) >= 11 is 0. The van der Waals surface area contributed by atoms with E-state index in [2.05, 4.69) is 10.2 Å². The summed E-state index contributed by atoms with van der Waals surface area (Å²) in [6.45, 7) is 1.93. The molecule has 36 heavy (non-hydrogen) atoms. The largest absolute Gasteiger partial charge is 0.327 e. The second-order valence-electron chi connectivity index (χ2n) is 9.45. The molecule has 1 amide bonds. The SMILES string of the molecule is Cc1ccc(-n2nccn2)c(C(=O)N2[C@@H]3CCC[C@H]2c2nn(C)c(-c4cc(F)c(F)c(F)c4)c2C3)c1. The maximum absolute atomic E-state index is 14.1. The normalized spacial score (nSPS) is 18.9. The van der Waals surface area contributed by atoms with E-state index in [0.29, 0.717) is 29.1 Å². The van der Waals surface area contributed by atoms with E-state index in [0.717, 1.165) is 42.5 Å². The van der Waals surface area contributed by atoms with Gasteiger partial charge in [0.25, 0.3) is 5.91 Å². The van der Waals surface area contributed by atoms with Gasteiger partial charge in [0.1, 0.15) is 0 Å². The van der Waals surface area contributed by atoms with Gasteiger partial charge in [0, 0.05) is 24.2 Å². The lowest BCUT2D eigenvalue weighted by atomic mass is 9.81. The molecule has 0 radical (unpaired) electrons. The van der Waals surface area contributed by atoms with Gasteiger partial charge in [-0.2, -0.15) is 20.1 Å². The van der Waals surface area contributed by atoms with Gasteiger partial charge in [-0.05, 0) is 56.9 Å². The van der Waals surface area contributed by atoms with Gasteiger partial charge in [-0.3, -0.25) is 9.48 Å². The number of piperidine rings is 1. The van der Waals surface area contributed by atoms with Gasteiger partial charge in [-0.25, -0.2) is 13.2 Å². The molecule has 184 valence electrons. The van der Waals surface area contributed by atoms with Gasteiger partial charge in [-0.1, -0.05) is 11.6 Å². The Morgan fingerprint density at radius 1 is 1.03 bits per heavy atom. The summed E-state index contributed by atoms with van der Waals surface area (Å²) < 4.78 is 43.3. The fourth-order valence-corrected chi connectivity index (χ4v) is 5.68. The molecule has 2 aromatic heterocycles. The van der Waals surface area contributed by atoms with Crippen molar-refractivity contribution < 1.29 is 18.0 Å². The first-order chi connectivity index (χ1) is 17.3. The Kier molecular flexibility index (Phi) is 5.20. The van der Waals surface area contributed by atoms with Gasteiger partial charge in [-0.15, -0.1) is 0 Å². The molecule has 2 aromatic carbocycles. The van der Waals surface area contributed by atoms with E-state index >= 15 is 0 Å². The Morgan fingerprint density at radius 3 is 2.47 bits per heavy atom. The van der Waals surface area contributed by atoms with Crippen molar-refractivity contribution in [1.82, 2.24) is 29.7 Å². The third-order valence-electron chi connectivity index (χ3n) is 7.18. The third-order valence-corrected chi connectivity index (χ3v) is 7.18. The topological polar surface area (TPSA) is 68.8 Å². The molecule has 6 rings (SSSR count). The fourth-order valence-electron chi connectivity index (χ4n) is 5.68. The molecule has 0 N–H and O–H groups in total. The summed E-state index contributed by atoms with van der Waals surface area (Å²) in [4.78, 5) is 17.4. The molecule has 2 atom stereocenters. The molecular weight excluding hydrogens is 469 g/mol. The van der Waals surface area contributed by atoms with Crippen molar-refractivity contribution >= 4 is 5.91 Å². The molecule has 2 aliphatic heterocycles. The highest BCUT2D eigenvalue weighted by molar-refractivity contribution is 5.98. The highest BCUT2D eigenvalue weighted by Gasteiger charge is 2.44. The quantitative estimate of drug-likeness (QED) is 0.390. The molecule has 1 fully saturated rings. The molecule has 0 aliphatic carbocycles. The van der Waals surface area contributed by atoms with Crippen LogP contribution in [0, 0.1) is 24.4 Å². The van der Waals surface area contributed by atoms with Crippen molar-refractivity contribution in [2.45, 2.75) is 44.7 Å². The molecule has 1 saturated heterocycles. The number of fused-ring (bicyclic) bond motifs is 4. The minimum atomic E-state index is -1.50. The van der Waals surface area contributed by atoms with Crippen LogP contribution in [0.3, 0.4) is 0 Å². The Morgan fingerprint density at radius 2 is 1.75 bits per heavy atom. The molecule has 2 aliphatic rings. The summed E-state index contributed by atoms with van der Waals surface area (Å²) in [5, 5.41) is 13.1. The lowest BCUT2D eigenvalue weighted by molar-refractivity contribution is 0.0391. The number of carbonyl (C=O) groups excluding carboxylic acids is 1. The summed E-state index contributed by atoms with van der Waals surface area (Å²) in [6.07, 6.45) is 6.07. The fraction of sp³-hybridized carbons (Fsp3) is 0.308. The van der Waals surface area contributed by atoms with Crippen molar-refractivity contribution in [3.05, 3.63) is 82.6 Å². The first kappa shape index (κ1) is 22.5. The van der Waals surface area contributed by atoms with Crippen LogP contribution in [0.1, 0.15) is 52.5 Å². The predicted octanol–water partition coefficient (Wildman–Crippen LogP) is 4.69. The van der Waals surface area contributed by atoms with Crippen LogP contribution >= 0.6 is 0 Å². The summed E-state index contributed by atoms with van der Waals surface area (Å²) in [6, 6.07) is 7.20. The van der Waals surface area contributed by atoms with Gasteiger partial charge < -0.3 is 4.90 Å². The van der Waals surface area contributed by atoms with Crippen molar-refractivity contribution in [3.63, 3.8) is 0 Å². The number of amides is 1. The number of aromatic nitrogens is 5. The molecule has 0 spiro atoms. The van der Waals surface area contributed by atoms with Gasteiger partial charge in [0.05, 0.1) is 41.1 Å². The zero-order valence-corrected chi connectivity index (χ0v) is 19.8. The molecule has 0 unspecified atom stereocenters. The predicted molar refractivity (Wildman–Crippen MR) is 125 cm³/mol. The number of hydrogen-bond donors (Lipinski definition) is 0. The number of aryl methyl sites for hydroxylation is 2. The summed E-state index contributed by atoms with van der Waals surface area (Å²) in [7, 11) is 1.70. The van der Waals surface area contributed by atoms with Gasteiger partial charge in [0.15, 0.2) is 17.5 Å². The van der Waals surface area contributed by atoms with Crippen LogP contribution in [0.25, 0.3) is 16.9 Å². The minimum Gasteiger partial charge on any atom is -0.327 e. The molecular formula is C26H23F3N6O. The van der Waals surface area contributed by atoms with Crippen molar-refractivity contribution in [2.24, 2.45) is 7.05 Å². The maximum Gasteiger partial charge on any atom is 0.256 e. The second kappa shape index (κ2) is 8.32. The first-order valence-electron chi connectivity index (χ1n) is 11.8. The molecule has 7 nitrogen and oxygen atoms in total. The average Bonchev–Trinajstić information content (AvgIpc) is 3.49. The van der Waals surface area contributed by atoms with Crippen molar-refractivity contribution in [3.8, 4) is 16.9 Å². The Balaban J connectivity index is 1.45. The first-order valence-corrected chi connectivity index (χ1v) is 11.8. The van der Waals surface area contributed by atoms with Crippen LogP contribution in [0.15, 0.2) is 42.7 Å². The summed E-state index contributed by atoms with van der Waals surface area (Å²) in [5.41, 5.74) is 4.38. The molecule has 0 saturated carbocycles. The number of carbonyl (C=O) groups is 1. The Bertz CT molecular complexity index is 1470. The lowest BCUT2D eigenvalue weighted by Gasteiger charge is -2.45. The third kappa shape index (κ3) is 3.42. The van der Waals surface area contributed by atoms with Crippen LogP contribution < -0.4 is 0 Å². The number of nitrogens with zero attached hydrogens (tertiary/aromatic N) is 6. The Labute approximate surface area is 205 Å². The van der Waals surface area contributed by atoms with Crippen LogP contribution in [-0.2, 0) is 13.5 Å². The number of hydrogen-bond acceptors (Lipinski definition) is 4. The Hall–Kier alpha value is -3.95. The van der Waals surface area contributed by atoms with Crippen LogP contribution in [-0.4, -0.2) is 41.6 Å². The van der Waals surface area contributed by atoms with Crippen molar-refractivity contribution in [1.29, 1.82) is 0 Å². The average molecular weight is 493 g/mol. The van der Waals surface area contributed by atoms with E-state index in [1.165, 1.54) is 4.80 Å². The van der Waals surface area contributed by atoms with Gasteiger partial charge in [0.2, 0.25) is 0 Å². The molecule has 4 aromatic rings. The second-order valence-corrected chi connectivity index (χ2v) is 9.45. The zero-order chi connectivity index (χ0) is 25.1. The van der Waals surface area contributed by atoms with E-state index in [1.54, 1.807) is 24.1 Å². The van der Waals surface area contributed by atoms with E-state index in [4.69, 9.17) is 5.10 Å². The number of benzene rings is 2. The molecule has 2 bridgehead atoms. The van der Waals surface area contributed by atoms with Crippen LogP contribution in [0.5, 0.6) is 0 Å². The van der Waals surface area contributed by atoms with Crippen LogP contribution in [0.4, 0.5) is 13.2 Å². The van der Waals surface area contributed by atoms with Crippen molar-refractivity contribution in [2.75, 3.05) is 0 Å². The minimum absolute atomic E-state index is 0.110. The van der Waals surface area contributed by atoms with Gasteiger partial charge >= 0.3 is 0 Å². The highest BCUT2D eigenvalue weighted by atomic mass is 19.2.